The molecule has 0 unspecified atom stereocenters. The van der Waals surface area contributed by atoms with Crippen molar-refractivity contribution in [3.63, 3.8) is 0 Å². The number of esters is 1. The molecule has 0 bridgehead atoms. The molecule has 0 spiro atoms. The first kappa shape index (κ1) is 32.1. The number of aromatic nitrogens is 1. The van der Waals surface area contributed by atoms with Crippen LogP contribution >= 0.6 is 0 Å². The van der Waals surface area contributed by atoms with Gasteiger partial charge in [-0.15, -0.1) is 0 Å². The second-order valence-corrected chi connectivity index (χ2v) is 14.8. The van der Waals surface area contributed by atoms with E-state index in [1.165, 1.54) is 17.2 Å². The number of allylic oxidation sites excluding steroid dienone is 1. The number of rotatable bonds is 8. The Morgan fingerprint density at radius 2 is 1.58 bits per heavy atom. The Morgan fingerprint density at radius 3 is 2.16 bits per heavy atom. The molecule has 1 heterocycles. The summed E-state index contributed by atoms with van der Waals surface area (Å²) < 4.78 is 40.8. The molecule has 6 nitrogen and oxygen atoms in total. The van der Waals surface area contributed by atoms with Crippen LogP contribution in [0.2, 0.25) is 0 Å². The molecule has 0 aliphatic heterocycles. The maximum atomic E-state index is 14.1. The van der Waals surface area contributed by atoms with Crippen LogP contribution in [0, 0.1) is 0 Å². The average molecular weight is 602 g/mol. The van der Waals surface area contributed by atoms with Crippen molar-refractivity contribution in [2.24, 2.45) is 0 Å². The molecule has 3 aromatic carbocycles. The number of methoxy groups -OCH3 is 1. The Bertz CT molecular complexity index is 1780. The number of carbonyl (C=O) groups excluding carboxylic acids is 1. The summed E-state index contributed by atoms with van der Waals surface area (Å²) in [5.74, 6) is 0.302. The predicted octanol–water partition coefficient (Wildman–Crippen LogP) is 8.51. The molecule has 228 valence electrons. The highest BCUT2D eigenvalue weighted by molar-refractivity contribution is 7.90. The van der Waals surface area contributed by atoms with E-state index in [0.717, 1.165) is 45.4 Å². The lowest BCUT2D eigenvalue weighted by Gasteiger charge is -2.29. The summed E-state index contributed by atoms with van der Waals surface area (Å²) in [4.78, 5) is 12.2. The van der Waals surface area contributed by atoms with Crippen LogP contribution in [0.15, 0.2) is 77.8 Å². The van der Waals surface area contributed by atoms with E-state index in [9.17, 15) is 13.2 Å². The molecule has 0 radical (unpaired) electrons. The van der Waals surface area contributed by atoms with Gasteiger partial charge in [0.2, 0.25) is 0 Å². The van der Waals surface area contributed by atoms with Crippen molar-refractivity contribution in [2.75, 3.05) is 13.7 Å². The van der Waals surface area contributed by atoms with Gasteiger partial charge in [0.05, 0.1) is 24.1 Å². The number of fused-ring (bicyclic) bond motifs is 1. The Kier molecular flexibility index (Phi) is 8.98. The van der Waals surface area contributed by atoms with Gasteiger partial charge in [0.25, 0.3) is 10.0 Å². The summed E-state index contributed by atoms with van der Waals surface area (Å²) in [6.45, 7) is 17.5. The lowest BCUT2D eigenvalue weighted by atomic mass is 9.78. The van der Waals surface area contributed by atoms with Crippen molar-refractivity contribution in [1.29, 1.82) is 0 Å². The fourth-order valence-corrected chi connectivity index (χ4v) is 6.45. The molecule has 4 rings (SSSR count). The van der Waals surface area contributed by atoms with Gasteiger partial charge in [-0.3, -0.25) is 0 Å². The van der Waals surface area contributed by atoms with Crippen molar-refractivity contribution in [1.82, 2.24) is 3.97 Å². The SMILES string of the molecule is CCCOc1c(-c2cn(S(=O)(=O)c3ccccc3)c3ccc(C(C)=CC(=O)OC)cc23)cc(C(C)(C)C)cc1C(C)(C)C. The van der Waals surface area contributed by atoms with Crippen molar-refractivity contribution in [2.45, 2.75) is 77.5 Å². The Labute approximate surface area is 256 Å². The van der Waals surface area contributed by atoms with Crippen LogP contribution in [0.25, 0.3) is 27.6 Å². The molecule has 0 aliphatic rings. The van der Waals surface area contributed by atoms with Crippen LogP contribution in [0.3, 0.4) is 0 Å². The maximum absolute atomic E-state index is 14.1. The first-order valence-corrected chi connectivity index (χ1v) is 16.1. The fraction of sp³-hybridized carbons (Fsp3) is 0.361. The summed E-state index contributed by atoms with van der Waals surface area (Å²) >= 11 is 0. The summed E-state index contributed by atoms with van der Waals surface area (Å²) in [5, 5.41) is 0.738. The van der Waals surface area contributed by atoms with Crippen LogP contribution in [0.4, 0.5) is 0 Å². The number of benzene rings is 3. The Balaban J connectivity index is 2.16. The maximum Gasteiger partial charge on any atom is 0.330 e. The van der Waals surface area contributed by atoms with E-state index in [1.807, 2.05) is 19.1 Å². The second-order valence-electron chi connectivity index (χ2n) is 13.0. The topological polar surface area (TPSA) is 74.6 Å². The van der Waals surface area contributed by atoms with Gasteiger partial charge in [0, 0.05) is 34.3 Å². The zero-order valence-electron chi connectivity index (χ0n) is 26.7. The van der Waals surface area contributed by atoms with Gasteiger partial charge in [-0.2, -0.15) is 0 Å². The molecule has 0 aliphatic carbocycles. The first-order chi connectivity index (χ1) is 20.1. The summed E-state index contributed by atoms with van der Waals surface area (Å²) in [6, 6.07) is 18.4. The molecular formula is C36H43NO5S. The third-order valence-corrected chi connectivity index (χ3v) is 9.25. The molecule has 0 N–H and O–H groups in total. The number of carbonyl (C=O) groups is 1. The second kappa shape index (κ2) is 12.0. The van der Waals surface area contributed by atoms with E-state index < -0.39 is 16.0 Å². The van der Waals surface area contributed by atoms with Crippen LogP contribution in [0.1, 0.15) is 78.5 Å². The van der Waals surface area contributed by atoms with Gasteiger partial charge < -0.3 is 9.47 Å². The molecule has 0 fully saturated rings. The Hall–Kier alpha value is -3.84. The van der Waals surface area contributed by atoms with Crippen LogP contribution in [0.5, 0.6) is 5.75 Å². The minimum atomic E-state index is -3.93. The van der Waals surface area contributed by atoms with E-state index in [0.29, 0.717) is 17.7 Å². The molecule has 0 saturated carbocycles. The van der Waals surface area contributed by atoms with Crippen LogP contribution in [-0.2, 0) is 30.4 Å². The highest BCUT2D eigenvalue weighted by Crippen LogP contribution is 2.46. The van der Waals surface area contributed by atoms with E-state index in [1.54, 1.807) is 42.6 Å². The largest absolute Gasteiger partial charge is 0.493 e. The molecular weight excluding hydrogens is 558 g/mol. The zero-order valence-corrected chi connectivity index (χ0v) is 27.6. The van der Waals surface area contributed by atoms with E-state index in [-0.39, 0.29) is 15.7 Å². The van der Waals surface area contributed by atoms with E-state index >= 15 is 0 Å². The number of ether oxygens (including phenoxy) is 2. The number of nitrogens with zero attached hydrogens (tertiary/aromatic N) is 1. The number of hydrogen-bond donors (Lipinski definition) is 0. The van der Waals surface area contributed by atoms with Crippen LogP contribution in [-0.4, -0.2) is 32.1 Å². The lowest BCUT2D eigenvalue weighted by Crippen LogP contribution is -2.18. The standard InChI is InChI=1S/C36H43NO5S/c1-10-18-42-34-29(21-26(35(3,4)5)22-31(34)36(6,7)8)30-23-37(43(39,40)27-14-12-11-13-15-27)32-17-16-25(20-28(30)32)24(2)19-33(38)41-9/h11-17,19-23H,10,18H2,1-9H3. The zero-order chi connectivity index (χ0) is 31.7. The highest BCUT2D eigenvalue weighted by Gasteiger charge is 2.29. The normalized spacial score (nSPS) is 12.9. The van der Waals surface area contributed by atoms with Gasteiger partial charge in [-0.1, -0.05) is 78.8 Å². The summed E-state index contributed by atoms with van der Waals surface area (Å²) in [6.07, 6.45) is 3.98. The fourth-order valence-electron chi connectivity index (χ4n) is 5.06. The third-order valence-electron chi connectivity index (χ3n) is 7.57. The molecule has 43 heavy (non-hydrogen) atoms. The smallest absolute Gasteiger partial charge is 0.330 e. The minimum Gasteiger partial charge on any atom is -0.493 e. The number of hydrogen-bond acceptors (Lipinski definition) is 5. The quantitative estimate of drug-likeness (QED) is 0.150. The molecule has 7 heteroatoms. The monoisotopic (exact) mass is 601 g/mol. The average Bonchev–Trinajstić information content (AvgIpc) is 3.34. The van der Waals surface area contributed by atoms with Gasteiger partial charge in [-0.25, -0.2) is 17.2 Å². The van der Waals surface area contributed by atoms with Crippen molar-refractivity contribution >= 4 is 32.5 Å². The molecule has 0 saturated heterocycles. The van der Waals surface area contributed by atoms with Gasteiger partial charge >= 0.3 is 5.97 Å². The van der Waals surface area contributed by atoms with Crippen molar-refractivity contribution < 1.29 is 22.7 Å². The molecule has 0 atom stereocenters. The summed E-state index contributed by atoms with van der Waals surface area (Å²) in [7, 11) is -2.59. The van der Waals surface area contributed by atoms with Gasteiger partial charge in [0.15, 0.2) is 0 Å². The van der Waals surface area contributed by atoms with Gasteiger partial charge in [-0.05, 0) is 71.2 Å². The van der Waals surface area contributed by atoms with E-state index in [4.69, 9.17) is 9.47 Å². The third kappa shape index (κ3) is 6.57. The molecule has 4 aromatic rings. The summed E-state index contributed by atoms with van der Waals surface area (Å²) in [5.41, 5.74) is 5.39. The van der Waals surface area contributed by atoms with E-state index in [2.05, 4.69) is 60.6 Å². The minimum absolute atomic E-state index is 0.169. The molecule has 1 aromatic heterocycles. The van der Waals surface area contributed by atoms with Crippen LogP contribution < -0.4 is 4.74 Å². The lowest BCUT2D eigenvalue weighted by molar-refractivity contribution is -0.134. The first-order valence-electron chi connectivity index (χ1n) is 14.6. The van der Waals surface area contributed by atoms with Gasteiger partial charge in [0.1, 0.15) is 5.75 Å². The Morgan fingerprint density at radius 1 is 0.907 bits per heavy atom. The predicted molar refractivity (Wildman–Crippen MR) is 175 cm³/mol. The molecule has 0 amide bonds. The highest BCUT2D eigenvalue weighted by atomic mass is 32.2. The van der Waals surface area contributed by atoms with Crippen molar-refractivity contribution in [3.05, 3.63) is 89.6 Å². The van der Waals surface area contributed by atoms with Crippen molar-refractivity contribution in [3.8, 4) is 16.9 Å².